The van der Waals surface area contributed by atoms with Crippen molar-refractivity contribution >= 4 is 27.5 Å². The van der Waals surface area contributed by atoms with Gasteiger partial charge in [-0.05, 0) is 18.8 Å². The number of aromatic nitrogens is 1. The molecular weight excluding hydrogens is 260 g/mol. The molecule has 0 aromatic carbocycles. The molecule has 2 amide bonds. The fraction of sp³-hybridized carbons (Fsp3) is 0.692. The minimum atomic E-state index is -0.170. The summed E-state index contributed by atoms with van der Waals surface area (Å²) < 4.78 is 0. The molecule has 19 heavy (non-hydrogen) atoms. The first-order valence-electron chi connectivity index (χ1n) is 6.90. The molecule has 106 valence electrons. The number of amides is 2. The summed E-state index contributed by atoms with van der Waals surface area (Å²) in [6.45, 7) is 4.08. The molecule has 1 aromatic heterocycles. The number of nitrogens with zero attached hydrogens (tertiary/aromatic N) is 1. The van der Waals surface area contributed by atoms with E-state index in [4.69, 9.17) is 5.73 Å². The second-order valence-electron chi connectivity index (χ2n) is 5.36. The summed E-state index contributed by atoms with van der Waals surface area (Å²) >= 11 is 1.33. The van der Waals surface area contributed by atoms with Crippen LogP contribution in [0, 0.1) is 0 Å². The molecule has 0 spiro atoms. The molecule has 1 aliphatic carbocycles. The van der Waals surface area contributed by atoms with Gasteiger partial charge in [0.1, 0.15) is 5.00 Å². The van der Waals surface area contributed by atoms with Crippen molar-refractivity contribution in [2.75, 3.05) is 11.1 Å². The van der Waals surface area contributed by atoms with Crippen LogP contribution < -0.4 is 16.4 Å². The third-order valence-corrected chi connectivity index (χ3v) is 4.20. The molecule has 1 aliphatic rings. The molecule has 0 aliphatic heterocycles. The second-order valence-corrected chi connectivity index (χ2v) is 6.39. The molecule has 4 N–H and O–H groups in total. The highest BCUT2D eigenvalue weighted by Crippen LogP contribution is 2.30. The van der Waals surface area contributed by atoms with Gasteiger partial charge in [0.15, 0.2) is 5.13 Å². The number of nitrogens with two attached hydrogens (primary N) is 1. The van der Waals surface area contributed by atoms with Gasteiger partial charge in [-0.25, -0.2) is 9.78 Å². The van der Waals surface area contributed by atoms with Gasteiger partial charge in [-0.15, -0.1) is 0 Å². The first-order valence-corrected chi connectivity index (χ1v) is 7.71. The first kappa shape index (κ1) is 14.1. The van der Waals surface area contributed by atoms with Gasteiger partial charge in [0.05, 0.1) is 5.69 Å². The van der Waals surface area contributed by atoms with Gasteiger partial charge in [-0.1, -0.05) is 44.4 Å². The molecule has 0 bridgehead atoms. The zero-order chi connectivity index (χ0) is 13.8. The Morgan fingerprint density at radius 2 is 2.05 bits per heavy atom. The van der Waals surface area contributed by atoms with Crippen molar-refractivity contribution in [3.8, 4) is 0 Å². The van der Waals surface area contributed by atoms with E-state index in [1.807, 2.05) is 13.8 Å². The van der Waals surface area contributed by atoms with E-state index in [1.165, 1.54) is 30.6 Å². The van der Waals surface area contributed by atoms with Gasteiger partial charge >= 0.3 is 6.03 Å². The number of carbonyl (C=O) groups excluding carboxylic acids is 1. The molecule has 0 atom stereocenters. The van der Waals surface area contributed by atoms with Gasteiger partial charge in [-0.2, -0.15) is 0 Å². The van der Waals surface area contributed by atoms with Crippen LogP contribution in [0.3, 0.4) is 0 Å². The smallest absolute Gasteiger partial charge is 0.321 e. The molecule has 1 aromatic rings. The fourth-order valence-corrected chi connectivity index (χ4v) is 3.26. The van der Waals surface area contributed by atoms with Crippen LogP contribution in [0.4, 0.5) is 14.9 Å². The summed E-state index contributed by atoms with van der Waals surface area (Å²) in [6.07, 6.45) is 5.83. The number of nitrogen functional groups attached to an aromatic ring is 1. The van der Waals surface area contributed by atoms with Crippen LogP contribution in [0.2, 0.25) is 0 Å². The summed E-state index contributed by atoms with van der Waals surface area (Å²) in [5.41, 5.74) is 6.75. The van der Waals surface area contributed by atoms with E-state index in [1.54, 1.807) is 0 Å². The Kier molecular flexibility index (Phi) is 4.63. The van der Waals surface area contributed by atoms with E-state index in [2.05, 4.69) is 15.6 Å². The Labute approximate surface area is 118 Å². The molecule has 1 saturated carbocycles. The van der Waals surface area contributed by atoms with Gasteiger partial charge < -0.3 is 11.1 Å². The minimum Gasteiger partial charge on any atom is -0.389 e. The van der Waals surface area contributed by atoms with E-state index in [0.717, 1.165) is 18.5 Å². The Balaban J connectivity index is 1.89. The predicted molar refractivity (Wildman–Crippen MR) is 79.6 cm³/mol. The SMILES string of the molecule is CC(C)c1nc(NC(=O)NC2CCCCC2)sc1N. The van der Waals surface area contributed by atoms with E-state index < -0.39 is 0 Å². The van der Waals surface area contributed by atoms with E-state index in [9.17, 15) is 4.79 Å². The Hall–Kier alpha value is -1.30. The molecule has 0 unspecified atom stereocenters. The second kappa shape index (κ2) is 6.23. The zero-order valence-corrected chi connectivity index (χ0v) is 12.3. The van der Waals surface area contributed by atoms with Crippen molar-refractivity contribution in [3.63, 3.8) is 0 Å². The Morgan fingerprint density at radius 3 is 2.63 bits per heavy atom. The Morgan fingerprint density at radius 1 is 1.37 bits per heavy atom. The monoisotopic (exact) mass is 282 g/mol. The lowest BCUT2D eigenvalue weighted by Gasteiger charge is -2.22. The quantitative estimate of drug-likeness (QED) is 0.795. The van der Waals surface area contributed by atoms with E-state index in [-0.39, 0.29) is 11.9 Å². The number of hydrogen-bond donors (Lipinski definition) is 3. The van der Waals surface area contributed by atoms with E-state index >= 15 is 0 Å². The number of hydrogen-bond acceptors (Lipinski definition) is 4. The highest BCUT2D eigenvalue weighted by atomic mass is 32.1. The predicted octanol–water partition coefficient (Wildman–Crippen LogP) is 3.30. The highest BCUT2D eigenvalue weighted by molar-refractivity contribution is 7.19. The van der Waals surface area contributed by atoms with Crippen molar-refractivity contribution in [2.45, 2.75) is 57.9 Å². The molecule has 0 saturated heterocycles. The minimum absolute atomic E-state index is 0.170. The molecule has 6 heteroatoms. The number of thiazole rings is 1. The third-order valence-electron chi connectivity index (χ3n) is 3.39. The molecule has 1 heterocycles. The Bertz CT molecular complexity index is 438. The largest absolute Gasteiger partial charge is 0.389 e. The first-order chi connectivity index (χ1) is 9.06. The van der Waals surface area contributed by atoms with Crippen molar-refractivity contribution in [1.82, 2.24) is 10.3 Å². The standard InChI is InChI=1S/C13H22N4OS/c1-8(2)10-11(14)19-13(16-10)17-12(18)15-9-6-4-3-5-7-9/h8-9H,3-7,14H2,1-2H3,(H2,15,16,17,18). The van der Waals surface area contributed by atoms with Crippen LogP contribution in [0.5, 0.6) is 0 Å². The topological polar surface area (TPSA) is 80.0 Å². The van der Waals surface area contributed by atoms with Crippen molar-refractivity contribution < 1.29 is 4.79 Å². The van der Waals surface area contributed by atoms with Gasteiger partial charge in [-0.3, -0.25) is 5.32 Å². The number of anilines is 2. The van der Waals surface area contributed by atoms with Crippen LogP contribution in [0.25, 0.3) is 0 Å². The van der Waals surface area contributed by atoms with Gasteiger partial charge in [0.2, 0.25) is 0 Å². The summed E-state index contributed by atoms with van der Waals surface area (Å²) in [5, 5.41) is 7.05. The maximum Gasteiger partial charge on any atom is 0.321 e. The molecular formula is C13H22N4OS. The van der Waals surface area contributed by atoms with E-state index in [0.29, 0.717) is 16.2 Å². The highest BCUT2D eigenvalue weighted by Gasteiger charge is 2.17. The summed E-state index contributed by atoms with van der Waals surface area (Å²) in [5.74, 6) is 0.271. The average molecular weight is 282 g/mol. The fourth-order valence-electron chi connectivity index (χ4n) is 2.38. The molecule has 2 rings (SSSR count). The number of nitrogens with one attached hydrogen (secondary N) is 2. The van der Waals surface area contributed by atoms with Gasteiger partial charge in [0.25, 0.3) is 0 Å². The van der Waals surface area contributed by atoms with Crippen molar-refractivity contribution in [1.29, 1.82) is 0 Å². The maximum atomic E-state index is 11.9. The van der Waals surface area contributed by atoms with Crippen LogP contribution in [-0.4, -0.2) is 17.1 Å². The molecule has 0 radical (unpaired) electrons. The van der Waals surface area contributed by atoms with Crippen LogP contribution in [0.1, 0.15) is 57.6 Å². The summed E-state index contributed by atoms with van der Waals surface area (Å²) in [6, 6.07) is 0.131. The van der Waals surface area contributed by atoms with Crippen molar-refractivity contribution in [2.24, 2.45) is 0 Å². The molecule has 1 fully saturated rings. The molecule has 5 nitrogen and oxygen atoms in total. The van der Waals surface area contributed by atoms with Crippen molar-refractivity contribution in [3.05, 3.63) is 5.69 Å². The third kappa shape index (κ3) is 3.83. The summed E-state index contributed by atoms with van der Waals surface area (Å²) in [4.78, 5) is 16.2. The maximum absolute atomic E-state index is 11.9. The van der Waals surface area contributed by atoms with Crippen LogP contribution in [0.15, 0.2) is 0 Å². The lowest BCUT2D eigenvalue weighted by molar-refractivity contribution is 0.244. The lowest BCUT2D eigenvalue weighted by Crippen LogP contribution is -2.39. The average Bonchev–Trinajstić information content (AvgIpc) is 2.71. The number of urea groups is 1. The zero-order valence-electron chi connectivity index (χ0n) is 11.5. The van der Waals surface area contributed by atoms with Crippen LogP contribution in [-0.2, 0) is 0 Å². The normalized spacial score (nSPS) is 16.6. The summed E-state index contributed by atoms with van der Waals surface area (Å²) in [7, 11) is 0. The van der Waals surface area contributed by atoms with Crippen LogP contribution >= 0.6 is 11.3 Å². The number of rotatable bonds is 3. The number of carbonyl (C=O) groups is 1. The van der Waals surface area contributed by atoms with Gasteiger partial charge in [0, 0.05) is 6.04 Å². The lowest BCUT2D eigenvalue weighted by atomic mass is 9.96.